The van der Waals surface area contributed by atoms with E-state index in [9.17, 15) is 19.8 Å². The molecule has 0 heterocycles. The summed E-state index contributed by atoms with van der Waals surface area (Å²) in [6.45, 7) is 4.95. The fourth-order valence-electron chi connectivity index (χ4n) is 11.8. The average molecular weight is 1140 g/mol. The molecule has 0 aliphatic heterocycles. The molecule has 0 aliphatic rings. The van der Waals surface area contributed by atoms with Gasteiger partial charge < -0.3 is 20.3 Å². The predicted octanol–water partition coefficient (Wildman–Crippen LogP) is 24.1. The molecule has 6 nitrogen and oxygen atoms in total. The zero-order chi connectivity index (χ0) is 58.5. The SMILES string of the molecule is CCCCCCCCCCCCCCCCC/C=C/C(O)C(CO)NC(=O)CCCCCCCCCCCCCCCC/C=C\CCCCCCCCCCCCCCOC(=O)CCCCCCCCCCCCCCCCCCC. The van der Waals surface area contributed by atoms with Gasteiger partial charge in [0.15, 0.2) is 0 Å². The number of hydrogen-bond acceptors (Lipinski definition) is 5. The van der Waals surface area contributed by atoms with E-state index in [2.05, 4.69) is 31.3 Å². The standard InChI is InChI=1S/C75H145NO5/c1-3-5-7-9-11-13-15-17-19-35-39-43-47-51-55-59-63-67-73(78)72(71-77)76-74(79)68-64-60-56-52-48-44-40-37-33-31-29-27-25-23-21-22-24-26-28-30-32-34-38-42-46-50-54-58-62-66-70-81-75(80)69-65-61-57-53-49-45-41-36-20-18-16-14-12-10-8-6-4-2/h22,24,63,67,72-73,77-78H,3-21,23,25-62,64-66,68-71H2,1-2H3,(H,76,79)/b24-22-,67-63+. The second-order valence-electron chi connectivity index (χ2n) is 25.6. The topological polar surface area (TPSA) is 95.9 Å². The Hall–Kier alpha value is -1.66. The third-order valence-corrected chi connectivity index (χ3v) is 17.5. The Labute approximate surface area is 507 Å². The molecule has 0 aromatic carbocycles. The third-order valence-electron chi connectivity index (χ3n) is 17.5. The molecule has 0 bridgehead atoms. The summed E-state index contributed by atoms with van der Waals surface area (Å²) in [6.07, 6.45) is 89.9. The molecule has 2 atom stereocenters. The smallest absolute Gasteiger partial charge is 0.305 e. The van der Waals surface area contributed by atoms with E-state index in [0.717, 1.165) is 38.5 Å². The van der Waals surface area contributed by atoms with Gasteiger partial charge in [0.05, 0.1) is 25.4 Å². The van der Waals surface area contributed by atoms with Crippen LogP contribution in [0.25, 0.3) is 0 Å². The van der Waals surface area contributed by atoms with Gasteiger partial charge in [0.25, 0.3) is 0 Å². The Morgan fingerprint density at radius 3 is 0.877 bits per heavy atom. The first-order valence-corrected chi connectivity index (χ1v) is 37.1. The molecule has 0 fully saturated rings. The lowest BCUT2D eigenvalue weighted by Gasteiger charge is -2.20. The van der Waals surface area contributed by atoms with Crippen molar-refractivity contribution in [3.8, 4) is 0 Å². The lowest BCUT2D eigenvalue weighted by Crippen LogP contribution is -2.45. The minimum Gasteiger partial charge on any atom is -0.466 e. The van der Waals surface area contributed by atoms with Gasteiger partial charge in [-0.2, -0.15) is 0 Å². The summed E-state index contributed by atoms with van der Waals surface area (Å²) in [5, 5.41) is 23.2. The number of ether oxygens (including phenoxy) is 1. The molecular weight excluding hydrogens is 995 g/mol. The van der Waals surface area contributed by atoms with E-state index in [-0.39, 0.29) is 18.5 Å². The van der Waals surface area contributed by atoms with Crippen molar-refractivity contribution >= 4 is 11.9 Å². The maximum Gasteiger partial charge on any atom is 0.305 e. The number of aliphatic hydroxyl groups is 2. The van der Waals surface area contributed by atoms with E-state index in [1.807, 2.05) is 6.08 Å². The molecule has 2 unspecified atom stereocenters. The Bertz CT molecular complexity index is 1270. The number of carbonyl (C=O) groups is 2. The maximum atomic E-state index is 12.5. The quantitative estimate of drug-likeness (QED) is 0.0320. The zero-order valence-corrected chi connectivity index (χ0v) is 55.0. The van der Waals surface area contributed by atoms with Crippen molar-refractivity contribution in [2.24, 2.45) is 0 Å². The number of rotatable bonds is 70. The summed E-state index contributed by atoms with van der Waals surface area (Å²) in [6, 6.07) is -0.627. The van der Waals surface area contributed by atoms with E-state index in [1.165, 1.54) is 353 Å². The molecular formula is C75H145NO5. The maximum absolute atomic E-state index is 12.5. The van der Waals surface area contributed by atoms with Crippen molar-refractivity contribution in [1.82, 2.24) is 5.32 Å². The summed E-state index contributed by atoms with van der Waals surface area (Å²) in [4.78, 5) is 24.6. The zero-order valence-electron chi connectivity index (χ0n) is 55.0. The molecule has 0 rings (SSSR count). The van der Waals surface area contributed by atoms with Crippen molar-refractivity contribution in [3.63, 3.8) is 0 Å². The first-order chi connectivity index (χ1) is 40.0. The Morgan fingerprint density at radius 2 is 0.580 bits per heavy atom. The number of unbranched alkanes of at least 4 members (excludes halogenated alkanes) is 57. The van der Waals surface area contributed by atoms with Gasteiger partial charge in [-0.05, 0) is 57.8 Å². The van der Waals surface area contributed by atoms with Crippen LogP contribution in [0.15, 0.2) is 24.3 Å². The number of carbonyl (C=O) groups excluding carboxylic acids is 2. The van der Waals surface area contributed by atoms with Crippen molar-refractivity contribution in [2.75, 3.05) is 13.2 Å². The molecule has 1 amide bonds. The van der Waals surface area contributed by atoms with Crippen LogP contribution in [0.4, 0.5) is 0 Å². The van der Waals surface area contributed by atoms with Crippen LogP contribution in [0.5, 0.6) is 0 Å². The van der Waals surface area contributed by atoms with E-state index in [1.54, 1.807) is 6.08 Å². The Morgan fingerprint density at radius 1 is 0.333 bits per heavy atom. The second-order valence-corrected chi connectivity index (χ2v) is 25.6. The van der Waals surface area contributed by atoms with Gasteiger partial charge >= 0.3 is 5.97 Å². The summed E-state index contributed by atoms with van der Waals surface area (Å²) in [5.74, 6) is -0.0415. The molecule has 0 aromatic rings. The monoisotopic (exact) mass is 1140 g/mol. The van der Waals surface area contributed by atoms with Gasteiger partial charge in [-0.15, -0.1) is 0 Å². The van der Waals surface area contributed by atoms with Crippen molar-refractivity contribution in [2.45, 2.75) is 431 Å². The predicted molar refractivity (Wildman–Crippen MR) is 356 cm³/mol. The van der Waals surface area contributed by atoms with Crippen molar-refractivity contribution in [1.29, 1.82) is 0 Å². The van der Waals surface area contributed by atoms with Crippen LogP contribution < -0.4 is 5.32 Å². The number of aliphatic hydroxyl groups excluding tert-OH is 2. The summed E-state index contributed by atoms with van der Waals surface area (Å²) < 4.78 is 5.51. The van der Waals surface area contributed by atoms with Crippen molar-refractivity contribution in [3.05, 3.63) is 24.3 Å². The van der Waals surface area contributed by atoms with Crippen LogP contribution in [0.3, 0.4) is 0 Å². The first-order valence-electron chi connectivity index (χ1n) is 37.1. The number of allylic oxidation sites excluding steroid dienone is 3. The largest absolute Gasteiger partial charge is 0.466 e. The van der Waals surface area contributed by atoms with Crippen LogP contribution in [-0.4, -0.2) is 47.4 Å². The highest BCUT2D eigenvalue weighted by atomic mass is 16.5. The van der Waals surface area contributed by atoms with E-state index in [0.29, 0.717) is 19.4 Å². The van der Waals surface area contributed by atoms with Gasteiger partial charge in [0.2, 0.25) is 5.91 Å². The summed E-state index contributed by atoms with van der Waals surface area (Å²) >= 11 is 0. The molecule has 6 heteroatoms. The normalized spacial score (nSPS) is 12.6. The van der Waals surface area contributed by atoms with Gasteiger partial charge in [-0.3, -0.25) is 9.59 Å². The number of amides is 1. The van der Waals surface area contributed by atoms with Crippen LogP contribution >= 0.6 is 0 Å². The van der Waals surface area contributed by atoms with Crippen LogP contribution in [0.1, 0.15) is 418 Å². The highest BCUT2D eigenvalue weighted by molar-refractivity contribution is 5.76. The Balaban J connectivity index is 3.36. The molecule has 0 saturated carbocycles. The Kier molecular flexibility index (Phi) is 69.4. The first kappa shape index (κ1) is 79.3. The highest BCUT2D eigenvalue weighted by Gasteiger charge is 2.18. The summed E-state index contributed by atoms with van der Waals surface area (Å²) in [5.41, 5.74) is 0. The number of nitrogens with one attached hydrogen (secondary N) is 1. The molecule has 81 heavy (non-hydrogen) atoms. The molecule has 0 saturated heterocycles. The molecule has 480 valence electrons. The van der Waals surface area contributed by atoms with Gasteiger partial charge in [-0.25, -0.2) is 0 Å². The van der Waals surface area contributed by atoms with Gasteiger partial charge in [0.1, 0.15) is 0 Å². The van der Waals surface area contributed by atoms with Crippen molar-refractivity contribution < 1.29 is 24.5 Å². The second kappa shape index (κ2) is 70.8. The minimum atomic E-state index is -0.843. The van der Waals surface area contributed by atoms with E-state index >= 15 is 0 Å². The fourth-order valence-corrected chi connectivity index (χ4v) is 11.8. The fraction of sp³-hybridized carbons (Fsp3) is 0.920. The van der Waals surface area contributed by atoms with Crippen LogP contribution in [0, 0.1) is 0 Å². The summed E-state index contributed by atoms with van der Waals surface area (Å²) in [7, 11) is 0. The lowest BCUT2D eigenvalue weighted by atomic mass is 10.0. The minimum absolute atomic E-state index is 0.0216. The lowest BCUT2D eigenvalue weighted by molar-refractivity contribution is -0.143. The molecule has 0 spiro atoms. The molecule has 0 radical (unpaired) electrons. The molecule has 3 N–H and O–H groups in total. The molecule has 0 aliphatic carbocycles. The third kappa shape index (κ3) is 67.3. The van der Waals surface area contributed by atoms with Crippen LogP contribution in [-0.2, 0) is 14.3 Å². The molecule has 0 aromatic heterocycles. The van der Waals surface area contributed by atoms with Gasteiger partial charge in [-0.1, -0.05) is 372 Å². The van der Waals surface area contributed by atoms with E-state index in [4.69, 9.17) is 4.74 Å². The van der Waals surface area contributed by atoms with Crippen LogP contribution in [0.2, 0.25) is 0 Å². The number of esters is 1. The van der Waals surface area contributed by atoms with Gasteiger partial charge in [0, 0.05) is 12.8 Å². The highest BCUT2D eigenvalue weighted by Crippen LogP contribution is 2.19. The average Bonchev–Trinajstić information content (AvgIpc) is 3.47. The van der Waals surface area contributed by atoms with E-state index < -0.39 is 12.1 Å². The number of hydrogen-bond donors (Lipinski definition) is 3.